The van der Waals surface area contributed by atoms with Crippen molar-refractivity contribution in [1.82, 2.24) is 0 Å². The summed E-state index contributed by atoms with van der Waals surface area (Å²) in [7, 11) is 0. The van der Waals surface area contributed by atoms with Gasteiger partial charge < -0.3 is 58.3 Å². The van der Waals surface area contributed by atoms with Crippen LogP contribution in [-0.4, -0.2) is 124 Å². The topological polar surface area (TPSA) is 172 Å². The summed E-state index contributed by atoms with van der Waals surface area (Å²) in [5.74, 6) is -3.12. The summed E-state index contributed by atoms with van der Waals surface area (Å²) in [4.78, 5) is 12.4. The van der Waals surface area contributed by atoms with E-state index in [0.29, 0.717) is 56.4 Å². The second kappa shape index (κ2) is 18.2. The first-order chi connectivity index (χ1) is 28.0. The molecule has 7 heterocycles. The molecule has 13 nitrogen and oxygen atoms in total. The number of ether oxygens (including phenoxy) is 8. The van der Waals surface area contributed by atoms with Crippen LogP contribution in [0.1, 0.15) is 131 Å². The van der Waals surface area contributed by atoms with Crippen LogP contribution in [0.2, 0.25) is 0 Å². The highest BCUT2D eigenvalue weighted by Crippen LogP contribution is 2.47. The largest absolute Gasteiger partial charge is 0.464 e. The third-order valence-corrected chi connectivity index (χ3v) is 14.3. The molecule has 59 heavy (non-hydrogen) atoms. The lowest BCUT2D eigenvalue weighted by Gasteiger charge is -2.50. The molecule has 3 spiro atoms. The minimum atomic E-state index is -1.73. The van der Waals surface area contributed by atoms with Crippen LogP contribution in [0.4, 0.5) is 0 Å². The summed E-state index contributed by atoms with van der Waals surface area (Å²) in [6, 6.07) is 0. The predicted molar refractivity (Wildman–Crippen MR) is 217 cm³/mol. The number of hydrogen-bond donors (Lipinski definition) is 4. The van der Waals surface area contributed by atoms with Crippen molar-refractivity contribution in [3.8, 4) is 0 Å². The van der Waals surface area contributed by atoms with Gasteiger partial charge in [0.15, 0.2) is 17.2 Å². The van der Waals surface area contributed by atoms with Gasteiger partial charge in [0.1, 0.15) is 24.4 Å². The monoisotopic (exact) mass is 832 g/mol. The number of aliphatic hydroxyl groups excluding tert-OH is 3. The van der Waals surface area contributed by atoms with Crippen molar-refractivity contribution in [2.75, 3.05) is 13.2 Å². The van der Waals surface area contributed by atoms with Crippen molar-refractivity contribution in [3.63, 3.8) is 0 Å². The summed E-state index contributed by atoms with van der Waals surface area (Å²) in [6.45, 7) is 16.6. The van der Waals surface area contributed by atoms with Gasteiger partial charge in [0.25, 0.3) is 0 Å². The zero-order valence-electron chi connectivity index (χ0n) is 36.2. The standard InChI is InChI=1S/C46H72O13/c1-8-52-42(50)43(7,51)26-33-13-14-37(48)46(56-33)25-27(2)23-36(57-46)28(3)11-12-32-16-20-45(55-32)21-17-35-41(59-45)38(49)31(6)40(54-35)34(47)24-30(5)39-29(4)15-19-44(58-39)18-9-10-22-53-44/h11-12,25,28-30,32-41,47-49,51H,6,8-10,13-24,26H2,1-5,7H3/b12-11+/t28-,29-,30+,32+,33?,34+,35-,36+,37-,38-,39?,40+,41-,43-,44+,45-,46-/m1/s1. The second-order valence-electron chi connectivity index (χ2n) is 19.3. The Morgan fingerprint density at radius 1 is 1.02 bits per heavy atom. The molecule has 0 amide bonds. The fourth-order valence-electron chi connectivity index (χ4n) is 10.8. The van der Waals surface area contributed by atoms with Gasteiger partial charge in [-0.15, -0.1) is 0 Å². The fraction of sp³-hybridized carbons (Fsp3) is 0.848. The maximum atomic E-state index is 12.4. The SMILES string of the molecule is C=C1[C@@H](O)[C@@H]2O[C@]3(CC[C@H](/C=C/[C@@H](C)[C@@H]4CC(C)=C[C@@]5(OC(C[C@@](C)(O)C(=O)OCC)CC[C@H]5O)O4)O3)CC[C@H]2O[C@@H]1[C@@H](O)C[C@H](C)C1O[C@@]2(CCCCO2)CC[C@H]1C. The minimum absolute atomic E-state index is 0.0206. The Kier molecular flexibility index (Phi) is 13.9. The molecule has 334 valence electrons. The van der Waals surface area contributed by atoms with Crippen LogP contribution in [0, 0.1) is 17.8 Å². The molecule has 7 rings (SSSR count). The Hall–Kier alpha value is -1.75. The van der Waals surface area contributed by atoms with Crippen LogP contribution in [0.25, 0.3) is 0 Å². The Balaban J connectivity index is 0.917. The maximum absolute atomic E-state index is 12.4. The molecule has 13 heteroatoms. The van der Waals surface area contributed by atoms with Crippen LogP contribution >= 0.6 is 0 Å². The molecule has 0 aromatic heterocycles. The zero-order chi connectivity index (χ0) is 42.3. The Morgan fingerprint density at radius 2 is 1.78 bits per heavy atom. The average Bonchev–Trinajstić information content (AvgIpc) is 3.59. The van der Waals surface area contributed by atoms with E-state index in [1.165, 1.54) is 6.92 Å². The van der Waals surface area contributed by atoms with Gasteiger partial charge >= 0.3 is 5.97 Å². The molecule has 17 atom stereocenters. The van der Waals surface area contributed by atoms with Crippen molar-refractivity contribution in [2.45, 2.75) is 215 Å². The van der Waals surface area contributed by atoms with E-state index < -0.39 is 71.7 Å². The van der Waals surface area contributed by atoms with E-state index in [9.17, 15) is 25.2 Å². The van der Waals surface area contributed by atoms with Crippen LogP contribution in [0.3, 0.4) is 0 Å². The smallest absolute Gasteiger partial charge is 0.337 e. The first kappa shape index (κ1) is 45.3. The third kappa shape index (κ3) is 9.76. The van der Waals surface area contributed by atoms with Gasteiger partial charge in [-0.3, -0.25) is 0 Å². The fourth-order valence-corrected chi connectivity index (χ4v) is 10.8. The highest BCUT2D eigenvalue weighted by atomic mass is 16.7. The van der Waals surface area contributed by atoms with Crippen LogP contribution < -0.4 is 0 Å². The van der Waals surface area contributed by atoms with Crippen LogP contribution in [-0.2, 0) is 42.7 Å². The molecule has 0 radical (unpaired) electrons. The average molecular weight is 833 g/mol. The molecule has 0 bridgehead atoms. The van der Waals surface area contributed by atoms with Crippen molar-refractivity contribution in [3.05, 3.63) is 36.0 Å². The summed E-state index contributed by atoms with van der Waals surface area (Å²) in [5, 5.41) is 45.2. The Bertz CT molecular complexity index is 1540. The lowest BCUT2D eigenvalue weighted by atomic mass is 9.79. The quantitative estimate of drug-likeness (QED) is 0.148. The zero-order valence-corrected chi connectivity index (χ0v) is 36.2. The van der Waals surface area contributed by atoms with Gasteiger partial charge in [0.05, 0.1) is 49.8 Å². The van der Waals surface area contributed by atoms with Crippen molar-refractivity contribution < 1.29 is 63.1 Å². The van der Waals surface area contributed by atoms with Crippen molar-refractivity contribution >= 4 is 5.97 Å². The number of esters is 1. The Morgan fingerprint density at radius 3 is 2.53 bits per heavy atom. The second-order valence-corrected chi connectivity index (χ2v) is 19.3. The highest BCUT2D eigenvalue weighted by molar-refractivity contribution is 5.78. The summed E-state index contributed by atoms with van der Waals surface area (Å²) in [5.41, 5.74) is -0.283. The van der Waals surface area contributed by atoms with E-state index in [1.807, 2.05) is 13.0 Å². The van der Waals surface area contributed by atoms with Gasteiger partial charge in [0.2, 0.25) is 5.79 Å². The summed E-state index contributed by atoms with van der Waals surface area (Å²) < 4.78 is 50.6. The minimum Gasteiger partial charge on any atom is -0.464 e. The predicted octanol–water partition coefficient (Wildman–Crippen LogP) is 5.69. The molecule has 7 aliphatic heterocycles. The van der Waals surface area contributed by atoms with Gasteiger partial charge in [-0.2, -0.15) is 0 Å². The number of rotatable bonds is 11. The number of fused-ring (bicyclic) bond motifs is 1. The lowest BCUT2D eigenvalue weighted by Crippen LogP contribution is -2.60. The molecular formula is C46H72O13. The number of carbonyl (C=O) groups excluding carboxylic acids is 1. The molecule has 0 aromatic carbocycles. The summed E-state index contributed by atoms with van der Waals surface area (Å²) in [6.07, 6.45) is 9.96. The number of hydrogen-bond acceptors (Lipinski definition) is 13. The van der Waals surface area contributed by atoms with E-state index in [2.05, 4.69) is 39.5 Å². The van der Waals surface area contributed by atoms with Crippen molar-refractivity contribution in [1.29, 1.82) is 0 Å². The molecule has 0 aromatic rings. The number of carbonyl (C=O) groups is 1. The van der Waals surface area contributed by atoms with E-state index in [4.69, 9.17) is 37.9 Å². The maximum Gasteiger partial charge on any atom is 0.337 e. The highest BCUT2D eigenvalue weighted by Gasteiger charge is 2.55. The first-order valence-electron chi connectivity index (χ1n) is 22.6. The van der Waals surface area contributed by atoms with Gasteiger partial charge in [0, 0.05) is 38.0 Å². The van der Waals surface area contributed by atoms with E-state index >= 15 is 0 Å². The van der Waals surface area contributed by atoms with E-state index in [1.54, 1.807) is 6.92 Å². The molecule has 0 saturated carbocycles. The van der Waals surface area contributed by atoms with Crippen LogP contribution in [0.5, 0.6) is 0 Å². The van der Waals surface area contributed by atoms with Crippen LogP contribution in [0.15, 0.2) is 36.0 Å². The van der Waals surface area contributed by atoms with Gasteiger partial charge in [-0.25, -0.2) is 4.79 Å². The molecule has 6 saturated heterocycles. The molecule has 0 aliphatic carbocycles. The Labute approximate surface area is 350 Å². The normalized spacial score (nSPS) is 44.2. The van der Waals surface area contributed by atoms with Crippen molar-refractivity contribution in [2.24, 2.45) is 17.8 Å². The molecular weight excluding hydrogens is 760 g/mol. The van der Waals surface area contributed by atoms with E-state index in [-0.39, 0.29) is 43.2 Å². The lowest BCUT2D eigenvalue weighted by molar-refractivity contribution is -0.321. The number of aliphatic hydroxyl groups is 4. The molecule has 2 unspecified atom stereocenters. The summed E-state index contributed by atoms with van der Waals surface area (Å²) >= 11 is 0. The molecule has 6 fully saturated rings. The third-order valence-electron chi connectivity index (χ3n) is 14.3. The van der Waals surface area contributed by atoms with Gasteiger partial charge in [-0.1, -0.05) is 45.1 Å². The van der Waals surface area contributed by atoms with E-state index in [0.717, 1.165) is 50.7 Å². The molecule has 7 aliphatic rings. The first-order valence-corrected chi connectivity index (χ1v) is 22.6. The molecule has 4 N–H and O–H groups in total. The van der Waals surface area contributed by atoms with Gasteiger partial charge in [-0.05, 0) is 102 Å².